The number of fused-ring (bicyclic) bond motifs is 2. The quantitative estimate of drug-likeness (QED) is 0.176. The zero-order valence-electron chi connectivity index (χ0n) is 42.4. The summed E-state index contributed by atoms with van der Waals surface area (Å²) in [7, 11) is 1.77. The number of hydrogen-bond donors (Lipinski definition) is 2. The number of aryl methyl sites for hydroxylation is 2. The molecular formula is C55H71ClF2N12O2. The zero-order valence-corrected chi connectivity index (χ0v) is 43.2. The molecule has 1 saturated carbocycles. The molecule has 11 rings (SSSR count). The Labute approximate surface area is 428 Å². The Bertz CT molecular complexity index is 2670. The van der Waals surface area contributed by atoms with Crippen molar-refractivity contribution < 1.29 is 18.3 Å². The Balaban J connectivity index is 0.000000172. The van der Waals surface area contributed by atoms with E-state index in [9.17, 15) is 18.8 Å². The average Bonchev–Trinajstić information content (AvgIpc) is 4.14. The number of amides is 1. The monoisotopic (exact) mass is 1000 g/mol. The molecule has 4 fully saturated rings. The second-order valence-electron chi connectivity index (χ2n) is 21.7. The Kier molecular flexibility index (Phi) is 15.0. The van der Waals surface area contributed by atoms with Crippen LogP contribution in [-0.4, -0.2) is 117 Å². The third kappa shape index (κ3) is 10.8. The maximum atomic E-state index is 14.1. The van der Waals surface area contributed by atoms with Crippen molar-refractivity contribution in [2.45, 2.75) is 142 Å². The third-order valence-corrected chi connectivity index (χ3v) is 17.2. The number of nitrogens with zero attached hydrogens (tertiary/aromatic N) is 10. The minimum Gasteiger partial charge on any atom is -0.473 e. The van der Waals surface area contributed by atoms with Gasteiger partial charge in [-0.3, -0.25) is 29.8 Å². The van der Waals surface area contributed by atoms with Gasteiger partial charge in [0.2, 0.25) is 11.8 Å². The molecule has 3 atom stereocenters. The number of aromatic amines is 1. The van der Waals surface area contributed by atoms with Gasteiger partial charge in [0.25, 0.3) is 6.43 Å². The van der Waals surface area contributed by atoms with Gasteiger partial charge in [0.15, 0.2) is 5.82 Å². The van der Waals surface area contributed by atoms with Crippen LogP contribution in [0, 0.1) is 22.7 Å². The van der Waals surface area contributed by atoms with Gasteiger partial charge in [-0.2, -0.15) is 15.5 Å². The number of carbonyl (C=O) groups is 1. The van der Waals surface area contributed by atoms with Crippen LogP contribution >= 0.6 is 11.6 Å². The van der Waals surface area contributed by atoms with Crippen molar-refractivity contribution in [3.05, 3.63) is 87.8 Å². The molecule has 1 aliphatic carbocycles. The molecular weight excluding hydrogens is 934 g/mol. The summed E-state index contributed by atoms with van der Waals surface area (Å²) in [5.41, 5.74) is 10.4. The summed E-state index contributed by atoms with van der Waals surface area (Å²) < 4.78 is 36.2. The number of ether oxygens (including phenoxy) is 1. The molecule has 17 heteroatoms. The molecule has 8 heterocycles. The summed E-state index contributed by atoms with van der Waals surface area (Å²) in [4.78, 5) is 23.4. The van der Waals surface area contributed by atoms with Gasteiger partial charge in [-0.25, -0.2) is 8.78 Å². The fraction of sp³-hybridized carbons (Fsp3) is 0.582. The molecule has 2 aromatic heterocycles. The van der Waals surface area contributed by atoms with Crippen LogP contribution in [-0.2, 0) is 36.0 Å². The summed E-state index contributed by atoms with van der Waals surface area (Å²) in [6, 6.07) is 12.6. The van der Waals surface area contributed by atoms with Gasteiger partial charge >= 0.3 is 0 Å². The molecule has 2 N–H and O–H groups in total. The standard InChI is InChI=1S/C33H47ClN6O.C22H24F2N6O/c1-24-18-29(19-25(2)40(24)22-26-6-4-3-5-7-26)41-32-11-10-31(36-37-32)38-15-12-33(13-16-38)14-17-39(23-33)28-9-8-27(21-35)30(34)20-28;1-13(31)29-7-5-19-18(12-29)22(27-26-19)30-6-3-4-14-8-16(15-10-25-28(2)11-15)17(21(23)24)9-20(14)30/h8-11,20,24-26,29,31,36H,3-7,12-19,22-23H2,1-2H3;8-11,21H,3-7,12H2,1-2H3,(H,26,27). The molecule has 4 aromatic rings. The first-order chi connectivity index (χ1) is 34.8. The molecule has 1 amide bonds. The van der Waals surface area contributed by atoms with E-state index in [1.54, 1.807) is 42.0 Å². The molecule has 0 bridgehead atoms. The number of aromatic nitrogens is 4. The fourth-order valence-electron chi connectivity index (χ4n) is 12.8. The molecule has 6 aliphatic heterocycles. The molecule has 72 heavy (non-hydrogen) atoms. The summed E-state index contributed by atoms with van der Waals surface area (Å²) in [6.07, 6.45) is 20.7. The van der Waals surface area contributed by atoms with Crippen LogP contribution in [0.2, 0.25) is 5.02 Å². The third-order valence-electron chi connectivity index (χ3n) is 16.9. The Hall–Kier alpha value is -5.50. The Morgan fingerprint density at radius 1 is 1.00 bits per heavy atom. The smallest absolute Gasteiger partial charge is 0.264 e. The zero-order chi connectivity index (χ0) is 50.1. The second kappa shape index (κ2) is 21.5. The second-order valence-corrected chi connectivity index (χ2v) is 22.1. The lowest BCUT2D eigenvalue weighted by Gasteiger charge is -2.44. The predicted octanol–water partition coefficient (Wildman–Crippen LogP) is 9.88. The highest BCUT2D eigenvalue weighted by Crippen LogP contribution is 2.44. The number of hydrazone groups is 1. The van der Waals surface area contributed by atoms with E-state index in [1.165, 1.54) is 57.9 Å². The van der Waals surface area contributed by atoms with Gasteiger partial charge in [0, 0.05) is 124 Å². The molecule has 14 nitrogen and oxygen atoms in total. The first-order valence-electron chi connectivity index (χ1n) is 26.5. The topological polar surface area (TPSA) is 137 Å². The number of piperidine rings is 2. The maximum absolute atomic E-state index is 14.1. The largest absolute Gasteiger partial charge is 0.473 e. The summed E-state index contributed by atoms with van der Waals surface area (Å²) in [5.74, 6) is 2.37. The number of carbonyl (C=O) groups excluding carboxylic acids is 1. The first-order valence-corrected chi connectivity index (χ1v) is 26.9. The molecule has 7 aliphatic rings. The normalized spacial score (nSPS) is 24.5. The van der Waals surface area contributed by atoms with Gasteiger partial charge < -0.3 is 19.4 Å². The van der Waals surface area contributed by atoms with Gasteiger partial charge in [-0.15, -0.1) is 5.10 Å². The van der Waals surface area contributed by atoms with Crippen LogP contribution in [0.4, 0.5) is 26.0 Å². The lowest BCUT2D eigenvalue weighted by molar-refractivity contribution is -0.129. The van der Waals surface area contributed by atoms with Crippen molar-refractivity contribution in [3.8, 4) is 17.2 Å². The fourth-order valence-corrected chi connectivity index (χ4v) is 13.0. The van der Waals surface area contributed by atoms with Crippen molar-refractivity contribution in [2.75, 3.05) is 55.6 Å². The number of nitriles is 1. The SMILES string of the molecule is CC(=O)N1CCc2[nH]nc(N3CCCc4cc(-c5cnn(C)c5)c(C(F)F)cc43)c2C1.CC1CC(OC2=NNC(N3CCC4(CCN(c5ccc(C#N)c(Cl)c5)C4)CC3)C=C2)CC(C)N1CC1CCCCC1. The van der Waals surface area contributed by atoms with Gasteiger partial charge in [-0.05, 0) is 131 Å². The van der Waals surface area contributed by atoms with Crippen molar-refractivity contribution >= 4 is 40.6 Å². The van der Waals surface area contributed by atoms with E-state index in [0.29, 0.717) is 65.3 Å². The van der Waals surface area contributed by atoms with Crippen LogP contribution in [0.3, 0.4) is 0 Å². The lowest BCUT2D eigenvalue weighted by atomic mass is 9.77. The number of alkyl halides is 2. The van der Waals surface area contributed by atoms with Crippen molar-refractivity contribution in [3.63, 3.8) is 0 Å². The van der Waals surface area contributed by atoms with Gasteiger partial charge in [0.05, 0.1) is 23.3 Å². The molecule has 0 radical (unpaired) electrons. The molecule has 3 saturated heterocycles. The van der Waals surface area contributed by atoms with Crippen LogP contribution < -0.4 is 15.2 Å². The summed E-state index contributed by atoms with van der Waals surface area (Å²) >= 11 is 6.32. The summed E-state index contributed by atoms with van der Waals surface area (Å²) in [5, 5.41) is 26.2. The van der Waals surface area contributed by atoms with Crippen molar-refractivity contribution in [1.29, 1.82) is 5.26 Å². The number of nitrogens with one attached hydrogen (secondary N) is 2. The van der Waals surface area contributed by atoms with Crippen LogP contribution in [0.1, 0.15) is 126 Å². The molecule has 3 unspecified atom stereocenters. The van der Waals surface area contributed by atoms with E-state index in [-0.39, 0.29) is 23.7 Å². The molecule has 384 valence electrons. The number of anilines is 3. The number of likely N-dealkylation sites (tertiary alicyclic amines) is 2. The van der Waals surface area contributed by atoms with E-state index >= 15 is 0 Å². The van der Waals surface area contributed by atoms with E-state index in [1.807, 2.05) is 29.2 Å². The minimum absolute atomic E-state index is 0.00610. The highest BCUT2D eigenvalue weighted by molar-refractivity contribution is 6.32. The molecule has 2 aromatic carbocycles. The van der Waals surface area contributed by atoms with Crippen LogP contribution in [0.25, 0.3) is 11.1 Å². The molecule has 1 spiro atoms. The van der Waals surface area contributed by atoms with Crippen LogP contribution in [0.5, 0.6) is 0 Å². The first kappa shape index (κ1) is 50.1. The lowest BCUT2D eigenvalue weighted by Crippen LogP contribution is -2.52. The minimum atomic E-state index is -2.61. The number of benzene rings is 2. The summed E-state index contributed by atoms with van der Waals surface area (Å²) in [6.45, 7) is 13.7. The average molecular weight is 1010 g/mol. The van der Waals surface area contributed by atoms with E-state index in [2.05, 4.69) is 72.6 Å². The number of H-pyrrole nitrogens is 1. The van der Waals surface area contributed by atoms with E-state index < -0.39 is 6.43 Å². The van der Waals surface area contributed by atoms with E-state index in [4.69, 9.17) is 16.3 Å². The maximum Gasteiger partial charge on any atom is 0.264 e. The van der Waals surface area contributed by atoms with E-state index in [0.717, 1.165) is 97.7 Å². The van der Waals surface area contributed by atoms with Gasteiger partial charge in [-0.1, -0.05) is 30.9 Å². The number of halogens is 3. The predicted molar refractivity (Wildman–Crippen MR) is 278 cm³/mol. The highest BCUT2D eigenvalue weighted by atomic mass is 35.5. The Morgan fingerprint density at radius 3 is 2.46 bits per heavy atom. The van der Waals surface area contributed by atoms with Crippen molar-refractivity contribution in [1.82, 2.24) is 40.1 Å². The van der Waals surface area contributed by atoms with Crippen LogP contribution in [0.15, 0.2) is 60.0 Å². The van der Waals surface area contributed by atoms with Gasteiger partial charge in [0.1, 0.15) is 18.3 Å². The van der Waals surface area contributed by atoms with Crippen molar-refractivity contribution in [2.24, 2.45) is 23.5 Å². The number of hydrogen-bond acceptors (Lipinski definition) is 11. The Morgan fingerprint density at radius 2 is 1.78 bits per heavy atom. The number of rotatable bonds is 8. The highest BCUT2D eigenvalue weighted by Gasteiger charge is 2.42.